The van der Waals surface area contributed by atoms with E-state index in [0.29, 0.717) is 23.7 Å². The first kappa shape index (κ1) is 15.8. The van der Waals surface area contributed by atoms with Gasteiger partial charge in [0.25, 0.3) is 0 Å². The van der Waals surface area contributed by atoms with Gasteiger partial charge in [-0.15, -0.1) is 0 Å². The van der Waals surface area contributed by atoms with Crippen LogP contribution in [0.3, 0.4) is 0 Å². The summed E-state index contributed by atoms with van der Waals surface area (Å²) in [4.78, 5) is 10.5. The second-order valence-corrected chi connectivity index (χ2v) is 4.00. The van der Waals surface area contributed by atoms with Gasteiger partial charge in [-0.25, -0.2) is 0 Å². The highest BCUT2D eigenvalue weighted by Gasteiger charge is 2.13. The summed E-state index contributed by atoms with van der Waals surface area (Å²) < 4.78 is 10.6. The van der Waals surface area contributed by atoms with E-state index >= 15 is 0 Å². The molecule has 0 saturated carbocycles. The van der Waals surface area contributed by atoms with E-state index in [1.165, 1.54) is 7.11 Å². The van der Waals surface area contributed by atoms with Crippen LogP contribution < -0.4 is 14.8 Å². The fourth-order valence-electron chi connectivity index (χ4n) is 1.70. The van der Waals surface area contributed by atoms with Crippen molar-refractivity contribution in [1.82, 2.24) is 5.32 Å². The van der Waals surface area contributed by atoms with E-state index in [1.54, 1.807) is 18.2 Å². The largest absolute Gasteiger partial charge is 0.493 e. The van der Waals surface area contributed by atoms with Gasteiger partial charge in [0.15, 0.2) is 11.5 Å². The molecule has 1 aromatic carbocycles. The highest BCUT2D eigenvalue weighted by molar-refractivity contribution is 5.66. The molecule has 0 radical (unpaired) electrons. The lowest BCUT2D eigenvalue weighted by Gasteiger charge is -2.14. The summed E-state index contributed by atoms with van der Waals surface area (Å²) in [5, 5.41) is 20.6. The molecule has 6 nitrogen and oxygen atoms in total. The predicted octanol–water partition coefficient (Wildman–Crippen LogP) is 1.72. The average molecular weight is 278 g/mol. The molecule has 108 valence electrons. The Kier molecular flexibility index (Phi) is 6.33. The minimum absolute atomic E-state index is 0.0354. The van der Waals surface area contributed by atoms with Crippen molar-refractivity contribution in [2.45, 2.75) is 19.4 Å². The smallest absolute Gasteiger partial charge is 0.304 e. The third-order valence-corrected chi connectivity index (χ3v) is 2.64. The number of nitriles is 1. The van der Waals surface area contributed by atoms with Crippen molar-refractivity contribution in [3.63, 3.8) is 0 Å². The van der Waals surface area contributed by atoms with E-state index in [1.807, 2.05) is 6.92 Å². The van der Waals surface area contributed by atoms with E-state index in [2.05, 4.69) is 11.4 Å². The Morgan fingerprint density at radius 1 is 1.50 bits per heavy atom. The standard InChI is InChI=1S/C14H18N2O4/c1-3-20-12-5-4-10(8-13(12)19-2)11(9-15)16-7-6-14(17)18/h4-5,8,11,16H,3,6-7H2,1-2H3,(H,17,18). The van der Waals surface area contributed by atoms with Crippen LogP contribution in [0.5, 0.6) is 11.5 Å². The van der Waals surface area contributed by atoms with Crippen LogP contribution in [0.1, 0.15) is 24.9 Å². The summed E-state index contributed by atoms with van der Waals surface area (Å²) in [6, 6.07) is 6.72. The average Bonchev–Trinajstić information content (AvgIpc) is 2.44. The van der Waals surface area contributed by atoms with Gasteiger partial charge < -0.3 is 14.6 Å². The fourth-order valence-corrected chi connectivity index (χ4v) is 1.70. The Bertz CT molecular complexity index is 496. The Morgan fingerprint density at radius 2 is 2.25 bits per heavy atom. The lowest BCUT2D eigenvalue weighted by Crippen LogP contribution is -2.23. The van der Waals surface area contributed by atoms with Crippen LogP contribution in [-0.2, 0) is 4.79 Å². The van der Waals surface area contributed by atoms with Crippen LogP contribution in [0, 0.1) is 11.3 Å². The van der Waals surface area contributed by atoms with Crippen molar-refractivity contribution < 1.29 is 19.4 Å². The Morgan fingerprint density at radius 3 is 2.80 bits per heavy atom. The summed E-state index contributed by atoms with van der Waals surface area (Å²) >= 11 is 0. The van der Waals surface area contributed by atoms with Crippen LogP contribution in [0.4, 0.5) is 0 Å². The summed E-state index contributed by atoms with van der Waals surface area (Å²) in [6.07, 6.45) is -0.0354. The Hall–Kier alpha value is -2.26. The van der Waals surface area contributed by atoms with Gasteiger partial charge in [0, 0.05) is 6.54 Å². The number of methoxy groups -OCH3 is 1. The van der Waals surface area contributed by atoms with Crippen molar-refractivity contribution in [2.24, 2.45) is 0 Å². The molecule has 6 heteroatoms. The van der Waals surface area contributed by atoms with Gasteiger partial charge in [0.05, 0.1) is 26.2 Å². The van der Waals surface area contributed by atoms with Gasteiger partial charge in [-0.1, -0.05) is 6.07 Å². The first-order valence-electron chi connectivity index (χ1n) is 6.27. The lowest BCUT2D eigenvalue weighted by atomic mass is 10.1. The molecular weight excluding hydrogens is 260 g/mol. The molecule has 2 N–H and O–H groups in total. The third kappa shape index (κ3) is 4.44. The summed E-state index contributed by atoms with van der Waals surface area (Å²) in [7, 11) is 1.53. The Balaban J connectivity index is 2.82. The van der Waals surface area contributed by atoms with E-state index in [0.717, 1.165) is 0 Å². The molecule has 0 aliphatic rings. The van der Waals surface area contributed by atoms with E-state index in [4.69, 9.17) is 19.8 Å². The highest BCUT2D eigenvalue weighted by atomic mass is 16.5. The highest BCUT2D eigenvalue weighted by Crippen LogP contribution is 2.30. The number of hydrogen-bond acceptors (Lipinski definition) is 5. The molecule has 0 saturated heterocycles. The maximum atomic E-state index is 10.5. The van der Waals surface area contributed by atoms with E-state index in [9.17, 15) is 4.79 Å². The van der Waals surface area contributed by atoms with Crippen molar-refractivity contribution in [3.05, 3.63) is 23.8 Å². The van der Waals surface area contributed by atoms with E-state index in [-0.39, 0.29) is 13.0 Å². The maximum absolute atomic E-state index is 10.5. The zero-order valence-electron chi connectivity index (χ0n) is 11.5. The van der Waals surface area contributed by atoms with Crippen molar-refractivity contribution in [3.8, 4) is 17.6 Å². The summed E-state index contributed by atoms with van der Waals surface area (Å²) in [6.45, 7) is 2.62. The number of nitrogens with one attached hydrogen (secondary N) is 1. The molecule has 0 aliphatic carbocycles. The number of rotatable bonds is 8. The molecule has 0 amide bonds. The molecule has 1 atom stereocenters. The molecule has 0 fully saturated rings. The number of nitrogens with zero attached hydrogens (tertiary/aromatic N) is 1. The molecule has 1 aromatic rings. The second-order valence-electron chi connectivity index (χ2n) is 4.00. The van der Waals surface area contributed by atoms with Gasteiger partial charge in [-0.3, -0.25) is 10.1 Å². The predicted molar refractivity (Wildman–Crippen MR) is 72.8 cm³/mol. The zero-order chi connectivity index (χ0) is 15.0. The zero-order valence-corrected chi connectivity index (χ0v) is 11.5. The van der Waals surface area contributed by atoms with Gasteiger partial charge in [-0.2, -0.15) is 5.26 Å². The van der Waals surface area contributed by atoms with Gasteiger partial charge in [-0.05, 0) is 24.6 Å². The Labute approximate surface area is 117 Å². The molecule has 20 heavy (non-hydrogen) atoms. The monoisotopic (exact) mass is 278 g/mol. The van der Waals surface area contributed by atoms with Gasteiger partial charge in [0.2, 0.25) is 0 Å². The number of aliphatic carboxylic acids is 1. The summed E-state index contributed by atoms with van der Waals surface area (Å²) in [5.41, 5.74) is 0.707. The van der Waals surface area contributed by atoms with Crippen molar-refractivity contribution in [2.75, 3.05) is 20.3 Å². The number of ether oxygens (including phenoxy) is 2. The SMILES string of the molecule is CCOc1ccc(C(C#N)NCCC(=O)O)cc1OC. The molecular formula is C14H18N2O4. The fraction of sp³-hybridized carbons (Fsp3) is 0.429. The van der Waals surface area contributed by atoms with Crippen LogP contribution in [0.25, 0.3) is 0 Å². The maximum Gasteiger partial charge on any atom is 0.304 e. The number of carboxylic acids is 1. The molecule has 0 bridgehead atoms. The van der Waals surface area contributed by atoms with E-state index < -0.39 is 12.0 Å². The topological polar surface area (TPSA) is 91.6 Å². The minimum atomic E-state index is -0.904. The number of hydrogen-bond donors (Lipinski definition) is 2. The molecule has 0 heterocycles. The van der Waals surface area contributed by atoms with Crippen LogP contribution in [0.2, 0.25) is 0 Å². The van der Waals surface area contributed by atoms with Crippen molar-refractivity contribution >= 4 is 5.97 Å². The third-order valence-electron chi connectivity index (χ3n) is 2.64. The summed E-state index contributed by atoms with van der Waals surface area (Å²) in [5.74, 6) is 0.254. The molecule has 0 spiro atoms. The lowest BCUT2D eigenvalue weighted by molar-refractivity contribution is -0.136. The van der Waals surface area contributed by atoms with Crippen molar-refractivity contribution in [1.29, 1.82) is 5.26 Å². The molecule has 1 rings (SSSR count). The van der Waals surface area contributed by atoms with Crippen LogP contribution >= 0.6 is 0 Å². The van der Waals surface area contributed by atoms with Crippen LogP contribution in [-0.4, -0.2) is 31.3 Å². The quantitative estimate of drug-likeness (QED) is 0.752. The first-order chi connectivity index (χ1) is 9.62. The molecule has 0 aliphatic heterocycles. The molecule has 0 aromatic heterocycles. The van der Waals surface area contributed by atoms with Gasteiger partial charge in [0.1, 0.15) is 6.04 Å². The van der Waals surface area contributed by atoms with Crippen LogP contribution in [0.15, 0.2) is 18.2 Å². The first-order valence-corrected chi connectivity index (χ1v) is 6.27. The number of benzene rings is 1. The second kappa shape index (κ2) is 8.02. The number of carboxylic acid groups (broad SMARTS) is 1. The molecule has 1 unspecified atom stereocenters. The minimum Gasteiger partial charge on any atom is -0.493 e. The normalized spacial score (nSPS) is 11.4. The number of carbonyl (C=O) groups is 1. The van der Waals surface area contributed by atoms with Gasteiger partial charge >= 0.3 is 5.97 Å².